The lowest BCUT2D eigenvalue weighted by Gasteiger charge is -2.19. The number of carbonyl (C=O) groups excluding carboxylic acids is 1. The summed E-state index contributed by atoms with van der Waals surface area (Å²) in [6, 6.07) is 14.1. The van der Waals surface area contributed by atoms with Gasteiger partial charge in [0.2, 0.25) is 0 Å². The first-order chi connectivity index (χ1) is 9.61. The quantitative estimate of drug-likeness (QED) is 0.826. The van der Waals surface area contributed by atoms with Gasteiger partial charge in [-0.1, -0.05) is 51.8 Å². The van der Waals surface area contributed by atoms with E-state index in [4.69, 9.17) is 16.3 Å². The minimum Gasteiger partial charge on any atom is -0.467 e. The van der Waals surface area contributed by atoms with Crippen molar-refractivity contribution in [2.75, 3.05) is 12.4 Å². The summed E-state index contributed by atoms with van der Waals surface area (Å²) in [5.41, 5.74) is 1.48. The standard InChI is InChI=1S/C15H13BrClNO2/c1-20-15(19)14(10-5-4-6-11(16)9-10)18-13-8-3-2-7-12(13)17/h2-9,14,18H,1H3. The van der Waals surface area contributed by atoms with Crippen LogP contribution < -0.4 is 5.32 Å². The Labute approximate surface area is 131 Å². The van der Waals surface area contributed by atoms with E-state index in [1.54, 1.807) is 6.07 Å². The number of methoxy groups -OCH3 is 1. The van der Waals surface area contributed by atoms with Crippen molar-refractivity contribution in [3.05, 3.63) is 63.6 Å². The minimum absolute atomic E-state index is 0.372. The number of hydrogen-bond acceptors (Lipinski definition) is 3. The summed E-state index contributed by atoms with van der Waals surface area (Å²) in [5.74, 6) is -0.372. The molecule has 0 bridgehead atoms. The fourth-order valence-electron chi connectivity index (χ4n) is 1.82. The zero-order chi connectivity index (χ0) is 14.5. The van der Waals surface area contributed by atoms with Gasteiger partial charge in [0.25, 0.3) is 0 Å². The van der Waals surface area contributed by atoms with Crippen LogP contribution in [-0.4, -0.2) is 13.1 Å². The number of hydrogen-bond donors (Lipinski definition) is 1. The lowest BCUT2D eigenvalue weighted by molar-refractivity contribution is -0.141. The van der Waals surface area contributed by atoms with Gasteiger partial charge in [0, 0.05) is 4.47 Å². The third-order valence-corrected chi connectivity index (χ3v) is 3.62. The first kappa shape index (κ1) is 14.9. The van der Waals surface area contributed by atoms with E-state index >= 15 is 0 Å². The Hall–Kier alpha value is -1.52. The van der Waals surface area contributed by atoms with Gasteiger partial charge in [-0.3, -0.25) is 0 Å². The summed E-state index contributed by atoms with van der Waals surface area (Å²) < 4.78 is 5.75. The highest BCUT2D eigenvalue weighted by atomic mass is 79.9. The van der Waals surface area contributed by atoms with E-state index in [1.165, 1.54) is 7.11 Å². The molecule has 0 heterocycles. The molecule has 0 aromatic heterocycles. The number of esters is 1. The van der Waals surface area contributed by atoms with Gasteiger partial charge in [0.15, 0.2) is 6.04 Å². The molecule has 104 valence electrons. The highest BCUT2D eigenvalue weighted by Crippen LogP contribution is 2.27. The molecule has 0 saturated carbocycles. The third kappa shape index (κ3) is 3.52. The highest BCUT2D eigenvalue weighted by molar-refractivity contribution is 9.10. The summed E-state index contributed by atoms with van der Waals surface area (Å²) in [7, 11) is 1.36. The van der Waals surface area contributed by atoms with E-state index in [-0.39, 0.29) is 5.97 Å². The molecular weight excluding hydrogens is 342 g/mol. The summed E-state index contributed by atoms with van der Waals surface area (Å²) in [5, 5.41) is 3.67. The van der Waals surface area contributed by atoms with Crippen molar-refractivity contribution in [1.82, 2.24) is 0 Å². The predicted octanol–water partition coefficient (Wildman–Crippen LogP) is 4.43. The molecule has 0 saturated heterocycles. The van der Waals surface area contributed by atoms with Crippen LogP contribution in [0.15, 0.2) is 53.0 Å². The van der Waals surface area contributed by atoms with Crippen molar-refractivity contribution >= 4 is 39.2 Å². The molecule has 3 nitrogen and oxygen atoms in total. The van der Waals surface area contributed by atoms with Crippen LogP contribution in [0.5, 0.6) is 0 Å². The number of halogens is 2. The van der Waals surface area contributed by atoms with Crippen LogP contribution in [0.25, 0.3) is 0 Å². The second kappa shape index (κ2) is 6.77. The predicted molar refractivity (Wildman–Crippen MR) is 84.0 cm³/mol. The second-order valence-corrected chi connectivity index (χ2v) is 5.46. The molecule has 0 aliphatic rings. The molecule has 20 heavy (non-hydrogen) atoms. The molecule has 1 unspecified atom stereocenters. The van der Waals surface area contributed by atoms with Gasteiger partial charge in [-0.25, -0.2) is 4.79 Å². The van der Waals surface area contributed by atoms with Crippen molar-refractivity contribution < 1.29 is 9.53 Å². The first-order valence-electron chi connectivity index (χ1n) is 5.96. The van der Waals surface area contributed by atoms with Crippen molar-refractivity contribution in [2.45, 2.75) is 6.04 Å². The number of nitrogens with one attached hydrogen (secondary N) is 1. The van der Waals surface area contributed by atoms with Crippen molar-refractivity contribution in [2.24, 2.45) is 0 Å². The molecular formula is C15H13BrClNO2. The summed E-state index contributed by atoms with van der Waals surface area (Å²) in [4.78, 5) is 12.0. The maximum atomic E-state index is 12.0. The fraction of sp³-hybridized carbons (Fsp3) is 0.133. The van der Waals surface area contributed by atoms with Crippen LogP contribution >= 0.6 is 27.5 Å². The molecule has 0 radical (unpaired) electrons. The average Bonchev–Trinajstić information content (AvgIpc) is 2.45. The summed E-state index contributed by atoms with van der Waals surface area (Å²) in [6.45, 7) is 0. The second-order valence-electron chi connectivity index (χ2n) is 4.14. The van der Waals surface area contributed by atoms with E-state index in [9.17, 15) is 4.79 Å². The van der Waals surface area contributed by atoms with Crippen molar-refractivity contribution in [3.63, 3.8) is 0 Å². The van der Waals surface area contributed by atoms with Gasteiger partial charge in [0.1, 0.15) is 0 Å². The van der Waals surface area contributed by atoms with Gasteiger partial charge in [-0.15, -0.1) is 0 Å². The zero-order valence-electron chi connectivity index (χ0n) is 10.8. The van der Waals surface area contributed by atoms with Crippen molar-refractivity contribution in [3.8, 4) is 0 Å². The lowest BCUT2D eigenvalue weighted by atomic mass is 10.1. The smallest absolute Gasteiger partial charge is 0.332 e. The molecule has 5 heteroatoms. The van der Waals surface area contributed by atoms with E-state index in [2.05, 4.69) is 21.2 Å². The number of ether oxygens (including phenoxy) is 1. The Kier molecular flexibility index (Phi) is 5.04. The summed E-state index contributed by atoms with van der Waals surface area (Å²) >= 11 is 9.51. The van der Waals surface area contributed by atoms with Crippen LogP contribution in [0.3, 0.4) is 0 Å². The van der Waals surface area contributed by atoms with Crippen LogP contribution in [-0.2, 0) is 9.53 Å². The van der Waals surface area contributed by atoms with Gasteiger partial charge in [-0.2, -0.15) is 0 Å². The molecule has 2 rings (SSSR count). The Morgan fingerprint density at radius 2 is 2.00 bits per heavy atom. The van der Waals surface area contributed by atoms with Crippen LogP contribution in [0.1, 0.15) is 11.6 Å². The van der Waals surface area contributed by atoms with Crippen LogP contribution in [0.2, 0.25) is 5.02 Å². The van der Waals surface area contributed by atoms with Crippen molar-refractivity contribution in [1.29, 1.82) is 0 Å². The topological polar surface area (TPSA) is 38.3 Å². The Morgan fingerprint density at radius 3 is 2.65 bits per heavy atom. The number of rotatable bonds is 4. The zero-order valence-corrected chi connectivity index (χ0v) is 13.1. The number of benzene rings is 2. The van der Waals surface area contributed by atoms with Gasteiger partial charge in [0.05, 0.1) is 17.8 Å². The molecule has 0 spiro atoms. The number of carbonyl (C=O) groups is 1. The fourth-order valence-corrected chi connectivity index (χ4v) is 2.42. The van der Waals surface area contributed by atoms with Crippen LogP contribution in [0.4, 0.5) is 5.69 Å². The monoisotopic (exact) mass is 353 g/mol. The van der Waals surface area contributed by atoms with E-state index in [1.807, 2.05) is 42.5 Å². The SMILES string of the molecule is COC(=O)C(Nc1ccccc1Cl)c1cccc(Br)c1. The molecule has 0 amide bonds. The van der Waals surface area contributed by atoms with E-state index < -0.39 is 6.04 Å². The highest BCUT2D eigenvalue weighted by Gasteiger charge is 2.22. The Morgan fingerprint density at radius 1 is 1.25 bits per heavy atom. The summed E-state index contributed by atoms with van der Waals surface area (Å²) in [6.07, 6.45) is 0. The minimum atomic E-state index is -0.614. The molecule has 0 fully saturated rings. The van der Waals surface area contributed by atoms with Gasteiger partial charge >= 0.3 is 5.97 Å². The van der Waals surface area contributed by atoms with Gasteiger partial charge < -0.3 is 10.1 Å². The molecule has 1 N–H and O–H groups in total. The molecule has 0 aliphatic carbocycles. The Balaban J connectivity index is 2.34. The number of para-hydroxylation sites is 1. The van der Waals surface area contributed by atoms with E-state index in [0.717, 1.165) is 10.0 Å². The maximum Gasteiger partial charge on any atom is 0.332 e. The number of anilines is 1. The third-order valence-electron chi connectivity index (χ3n) is 2.79. The van der Waals surface area contributed by atoms with E-state index in [0.29, 0.717) is 10.7 Å². The lowest BCUT2D eigenvalue weighted by Crippen LogP contribution is -2.22. The first-order valence-corrected chi connectivity index (χ1v) is 7.13. The van der Waals surface area contributed by atoms with Crippen LogP contribution in [0, 0.1) is 0 Å². The largest absolute Gasteiger partial charge is 0.467 e. The Bertz CT molecular complexity index is 618. The molecule has 1 atom stereocenters. The normalized spacial score (nSPS) is 11.8. The molecule has 2 aromatic rings. The molecule has 2 aromatic carbocycles. The molecule has 0 aliphatic heterocycles. The average molecular weight is 355 g/mol. The maximum absolute atomic E-state index is 12.0. The van der Waals surface area contributed by atoms with Gasteiger partial charge in [-0.05, 0) is 29.8 Å².